The molecule has 0 bridgehead atoms. The van der Waals surface area contributed by atoms with Gasteiger partial charge in [-0.25, -0.2) is 4.98 Å². The molecule has 0 aliphatic carbocycles. The molecule has 1 amide bonds. The Balaban J connectivity index is 2.28. The van der Waals surface area contributed by atoms with E-state index in [2.05, 4.69) is 10.3 Å². The Morgan fingerprint density at radius 2 is 1.86 bits per heavy atom. The number of halogens is 2. The minimum absolute atomic E-state index is 0.316. The van der Waals surface area contributed by atoms with Crippen molar-refractivity contribution in [3.05, 3.63) is 46.2 Å². The number of hydrogen-bond donors (Lipinski definition) is 1. The van der Waals surface area contributed by atoms with Gasteiger partial charge in [-0.2, -0.15) is 0 Å². The smallest absolute Gasteiger partial charge is 0.257 e. The summed E-state index contributed by atoms with van der Waals surface area (Å²) in [5, 5.41) is 3.38. The molecule has 0 saturated carbocycles. The van der Waals surface area contributed by atoms with Gasteiger partial charge in [0.05, 0.1) is 30.5 Å². The SMILES string of the molecule is COc1cc(OC)c(NC(=O)c2ccc(Cl)nc2)cc1Cl. The van der Waals surface area contributed by atoms with Gasteiger partial charge >= 0.3 is 0 Å². The number of benzene rings is 1. The minimum Gasteiger partial charge on any atom is -0.495 e. The fourth-order valence-electron chi connectivity index (χ4n) is 1.66. The zero-order valence-electron chi connectivity index (χ0n) is 11.3. The molecule has 0 radical (unpaired) electrons. The lowest BCUT2D eigenvalue weighted by Crippen LogP contribution is -2.13. The van der Waals surface area contributed by atoms with Gasteiger partial charge in [-0.1, -0.05) is 23.2 Å². The molecule has 21 heavy (non-hydrogen) atoms. The minimum atomic E-state index is -0.348. The van der Waals surface area contributed by atoms with Gasteiger partial charge in [-0.05, 0) is 18.2 Å². The Kier molecular flexibility index (Phi) is 4.88. The lowest BCUT2D eigenvalue weighted by atomic mass is 10.2. The van der Waals surface area contributed by atoms with E-state index in [9.17, 15) is 4.79 Å². The maximum absolute atomic E-state index is 12.1. The predicted molar refractivity (Wildman–Crippen MR) is 81.8 cm³/mol. The Hall–Kier alpha value is -1.98. The van der Waals surface area contributed by atoms with Crippen LogP contribution in [0.15, 0.2) is 30.5 Å². The average molecular weight is 327 g/mol. The summed E-state index contributed by atoms with van der Waals surface area (Å²) in [5.41, 5.74) is 0.802. The first kappa shape index (κ1) is 15.4. The number of pyridine rings is 1. The summed E-state index contributed by atoms with van der Waals surface area (Å²) < 4.78 is 10.3. The molecule has 1 heterocycles. The molecule has 0 spiro atoms. The zero-order valence-corrected chi connectivity index (χ0v) is 12.8. The van der Waals surface area contributed by atoms with Crippen LogP contribution in [-0.4, -0.2) is 25.1 Å². The molecule has 2 aromatic rings. The van der Waals surface area contributed by atoms with Crippen LogP contribution in [0.5, 0.6) is 11.5 Å². The maximum atomic E-state index is 12.1. The Bertz CT molecular complexity index is 660. The van der Waals surface area contributed by atoms with Crippen molar-refractivity contribution < 1.29 is 14.3 Å². The fourth-order valence-corrected chi connectivity index (χ4v) is 2.01. The van der Waals surface area contributed by atoms with E-state index in [4.69, 9.17) is 32.7 Å². The number of aromatic nitrogens is 1. The highest BCUT2D eigenvalue weighted by Crippen LogP contribution is 2.36. The van der Waals surface area contributed by atoms with Crippen LogP contribution in [-0.2, 0) is 0 Å². The topological polar surface area (TPSA) is 60.5 Å². The number of carbonyl (C=O) groups excluding carboxylic acids is 1. The van der Waals surface area contributed by atoms with Crippen LogP contribution in [0, 0.1) is 0 Å². The second-order valence-electron chi connectivity index (χ2n) is 4.01. The standard InChI is InChI=1S/C14H12Cl2N2O3/c1-20-11-6-12(21-2)10(5-9(11)15)18-14(19)8-3-4-13(16)17-7-8/h3-7H,1-2H3,(H,18,19). The summed E-state index contributed by atoms with van der Waals surface area (Å²) in [6.45, 7) is 0. The molecular formula is C14H12Cl2N2O3. The van der Waals surface area contributed by atoms with E-state index in [1.807, 2.05) is 0 Å². The molecule has 0 saturated heterocycles. The number of rotatable bonds is 4. The van der Waals surface area contributed by atoms with Crippen molar-refractivity contribution >= 4 is 34.8 Å². The van der Waals surface area contributed by atoms with Gasteiger partial charge in [-0.3, -0.25) is 4.79 Å². The highest BCUT2D eigenvalue weighted by atomic mass is 35.5. The van der Waals surface area contributed by atoms with Gasteiger partial charge < -0.3 is 14.8 Å². The quantitative estimate of drug-likeness (QED) is 0.871. The largest absolute Gasteiger partial charge is 0.495 e. The summed E-state index contributed by atoms with van der Waals surface area (Å²) in [5.74, 6) is 0.546. The van der Waals surface area contributed by atoms with Gasteiger partial charge in [0.15, 0.2) is 0 Å². The van der Waals surface area contributed by atoms with Gasteiger partial charge in [-0.15, -0.1) is 0 Å². The normalized spacial score (nSPS) is 10.1. The first-order valence-corrected chi connectivity index (χ1v) is 6.65. The van der Waals surface area contributed by atoms with Gasteiger partial charge in [0.2, 0.25) is 0 Å². The number of ether oxygens (including phenoxy) is 2. The van der Waals surface area contributed by atoms with Crippen molar-refractivity contribution in [3.8, 4) is 11.5 Å². The van der Waals surface area contributed by atoms with Crippen LogP contribution in [0.25, 0.3) is 0 Å². The highest BCUT2D eigenvalue weighted by molar-refractivity contribution is 6.32. The van der Waals surface area contributed by atoms with E-state index in [0.717, 1.165) is 0 Å². The van der Waals surface area contributed by atoms with Crippen molar-refractivity contribution in [2.24, 2.45) is 0 Å². The first-order valence-electron chi connectivity index (χ1n) is 5.89. The molecule has 0 unspecified atom stereocenters. The molecule has 1 N–H and O–H groups in total. The van der Waals surface area contributed by atoms with Crippen molar-refractivity contribution in [3.63, 3.8) is 0 Å². The number of carbonyl (C=O) groups is 1. The number of amides is 1. The van der Waals surface area contributed by atoms with Crippen molar-refractivity contribution in [2.45, 2.75) is 0 Å². The van der Waals surface area contributed by atoms with Crippen LogP contribution >= 0.6 is 23.2 Å². The van der Waals surface area contributed by atoms with Crippen LogP contribution in [0.2, 0.25) is 10.2 Å². The summed E-state index contributed by atoms with van der Waals surface area (Å²) in [6.07, 6.45) is 1.38. The molecule has 110 valence electrons. The molecule has 1 aromatic carbocycles. The zero-order chi connectivity index (χ0) is 15.4. The third-order valence-corrected chi connectivity index (χ3v) is 3.23. The third kappa shape index (κ3) is 3.56. The second kappa shape index (κ2) is 6.65. The Labute approximate surface area is 131 Å². The Morgan fingerprint density at radius 1 is 1.14 bits per heavy atom. The average Bonchev–Trinajstić information content (AvgIpc) is 2.48. The molecule has 0 atom stereocenters. The molecular weight excluding hydrogens is 315 g/mol. The molecule has 5 nitrogen and oxygen atoms in total. The molecule has 0 aliphatic rings. The lowest BCUT2D eigenvalue weighted by Gasteiger charge is -2.13. The van der Waals surface area contributed by atoms with Crippen LogP contribution in [0.4, 0.5) is 5.69 Å². The highest BCUT2D eigenvalue weighted by Gasteiger charge is 2.13. The molecule has 7 heteroatoms. The summed E-state index contributed by atoms with van der Waals surface area (Å²) in [6, 6.07) is 6.26. The van der Waals surface area contributed by atoms with Crippen LogP contribution in [0.3, 0.4) is 0 Å². The maximum Gasteiger partial charge on any atom is 0.257 e. The lowest BCUT2D eigenvalue weighted by molar-refractivity contribution is 0.102. The van der Waals surface area contributed by atoms with E-state index < -0.39 is 0 Å². The fraction of sp³-hybridized carbons (Fsp3) is 0.143. The summed E-state index contributed by atoms with van der Waals surface area (Å²) >= 11 is 11.7. The monoisotopic (exact) mass is 326 g/mol. The molecule has 0 fully saturated rings. The molecule has 1 aromatic heterocycles. The van der Waals surface area contributed by atoms with Gasteiger partial charge in [0.1, 0.15) is 16.7 Å². The van der Waals surface area contributed by atoms with Crippen molar-refractivity contribution in [1.29, 1.82) is 0 Å². The number of nitrogens with one attached hydrogen (secondary N) is 1. The number of methoxy groups -OCH3 is 2. The molecule has 0 aliphatic heterocycles. The van der Waals surface area contributed by atoms with E-state index in [1.54, 1.807) is 18.2 Å². The Morgan fingerprint density at radius 3 is 2.43 bits per heavy atom. The van der Waals surface area contributed by atoms with E-state index in [0.29, 0.717) is 32.9 Å². The predicted octanol–water partition coefficient (Wildman–Crippen LogP) is 3.66. The van der Waals surface area contributed by atoms with Gasteiger partial charge in [0, 0.05) is 12.3 Å². The molecule has 2 rings (SSSR count). The third-order valence-electron chi connectivity index (χ3n) is 2.71. The van der Waals surface area contributed by atoms with Crippen molar-refractivity contribution in [2.75, 3.05) is 19.5 Å². The number of nitrogens with zero attached hydrogens (tertiary/aromatic N) is 1. The summed E-state index contributed by atoms with van der Waals surface area (Å²) in [7, 11) is 2.99. The first-order chi connectivity index (χ1) is 10.0. The van der Waals surface area contributed by atoms with Crippen molar-refractivity contribution in [1.82, 2.24) is 4.98 Å². The second-order valence-corrected chi connectivity index (χ2v) is 4.81. The van der Waals surface area contributed by atoms with E-state index in [1.165, 1.54) is 26.5 Å². The van der Waals surface area contributed by atoms with Crippen LogP contribution < -0.4 is 14.8 Å². The van der Waals surface area contributed by atoms with Crippen LogP contribution in [0.1, 0.15) is 10.4 Å². The number of anilines is 1. The number of hydrogen-bond acceptors (Lipinski definition) is 4. The van der Waals surface area contributed by atoms with Gasteiger partial charge in [0.25, 0.3) is 5.91 Å². The van der Waals surface area contributed by atoms with E-state index in [-0.39, 0.29) is 5.91 Å². The summed E-state index contributed by atoms with van der Waals surface area (Å²) in [4.78, 5) is 16.0. The van der Waals surface area contributed by atoms with E-state index >= 15 is 0 Å².